The number of benzene rings is 1. The first-order chi connectivity index (χ1) is 14.9. The average molecular weight is 436 g/mol. The lowest BCUT2D eigenvalue weighted by Crippen LogP contribution is -2.65. The number of carbonyl (C=O) groups excluding carboxylic acids is 2. The van der Waals surface area contributed by atoms with Crippen LogP contribution < -0.4 is 10.2 Å². The molecular weight excluding hydrogens is 406 g/mol. The lowest BCUT2D eigenvalue weighted by atomic mass is 9.92. The van der Waals surface area contributed by atoms with Crippen molar-refractivity contribution < 1.29 is 9.59 Å². The van der Waals surface area contributed by atoms with Gasteiger partial charge < -0.3 is 9.88 Å². The Morgan fingerprint density at radius 2 is 1.87 bits per heavy atom. The quantitative estimate of drug-likeness (QED) is 0.604. The van der Waals surface area contributed by atoms with Crippen LogP contribution in [0.1, 0.15) is 68.4 Å². The Kier molecular flexibility index (Phi) is 4.93. The zero-order valence-electron chi connectivity index (χ0n) is 18.4. The molecular formula is C25H29N3O2S. The second-order valence-electron chi connectivity index (χ2n) is 9.41. The number of nitrogens with one attached hydrogen (secondary N) is 1. The van der Waals surface area contributed by atoms with Crippen LogP contribution in [-0.4, -0.2) is 28.0 Å². The van der Waals surface area contributed by atoms with Gasteiger partial charge in [0.25, 0.3) is 5.91 Å². The number of fused-ring (bicyclic) bond motifs is 3. The van der Waals surface area contributed by atoms with E-state index >= 15 is 0 Å². The minimum Gasteiger partial charge on any atom is -0.351 e. The van der Waals surface area contributed by atoms with Gasteiger partial charge in [-0.2, -0.15) is 0 Å². The van der Waals surface area contributed by atoms with E-state index in [-0.39, 0.29) is 17.9 Å². The maximum atomic E-state index is 13.8. The Hall–Kier alpha value is -2.60. The monoisotopic (exact) mass is 435 g/mol. The van der Waals surface area contributed by atoms with E-state index in [1.165, 1.54) is 5.56 Å². The number of nitrogens with zero attached hydrogens (tertiary/aromatic N) is 2. The van der Waals surface area contributed by atoms with Crippen molar-refractivity contribution in [3.05, 3.63) is 53.0 Å². The molecule has 0 spiro atoms. The van der Waals surface area contributed by atoms with Crippen LogP contribution in [0.25, 0.3) is 10.2 Å². The van der Waals surface area contributed by atoms with Gasteiger partial charge in [-0.1, -0.05) is 38.8 Å². The van der Waals surface area contributed by atoms with Crippen molar-refractivity contribution in [2.45, 2.75) is 70.5 Å². The summed E-state index contributed by atoms with van der Waals surface area (Å²) in [6, 6.07) is 12.3. The highest BCUT2D eigenvalue weighted by molar-refractivity contribution is 7.16. The SMILES string of the molecule is CC(C)c1ccc(N2C(=O)c3cc4ccsc4n3C[C@@]2(C)C(=O)NC2CCCC2)cc1. The van der Waals surface area contributed by atoms with Gasteiger partial charge in [0.1, 0.15) is 16.1 Å². The molecule has 3 heterocycles. The Balaban J connectivity index is 1.60. The molecule has 1 fully saturated rings. The number of anilines is 1. The second-order valence-corrected chi connectivity index (χ2v) is 10.3. The van der Waals surface area contributed by atoms with Crippen molar-refractivity contribution in [1.82, 2.24) is 9.88 Å². The van der Waals surface area contributed by atoms with Crippen LogP contribution in [0.5, 0.6) is 0 Å². The second kappa shape index (κ2) is 7.52. The summed E-state index contributed by atoms with van der Waals surface area (Å²) in [6.45, 7) is 6.66. The zero-order chi connectivity index (χ0) is 21.8. The first-order valence-electron chi connectivity index (χ1n) is 11.2. The van der Waals surface area contributed by atoms with E-state index in [0.29, 0.717) is 18.2 Å². The van der Waals surface area contributed by atoms with Crippen LogP contribution in [0, 0.1) is 0 Å². The van der Waals surface area contributed by atoms with Crippen molar-refractivity contribution >= 4 is 39.1 Å². The molecule has 162 valence electrons. The summed E-state index contributed by atoms with van der Waals surface area (Å²) in [7, 11) is 0. The molecule has 2 amide bonds. The molecule has 1 N–H and O–H groups in total. The molecule has 1 atom stereocenters. The number of carbonyl (C=O) groups is 2. The molecule has 2 aliphatic rings. The van der Waals surface area contributed by atoms with E-state index in [4.69, 9.17) is 0 Å². The predicted octanol–water partition coefficient (Wildman–Crippen LogP) is 5.30. The average Bonchev–Trinajstić information content (AvgIpc) is 3.47. The number of rotatable bonds is 4. The topological polar surface area (TPSA) is 54.3 Å². The van der Waals surface area contributed by atoms with Crippen molar-refractivity contribution in [3.63, 3.8) is 0 Å². The first kappa shape index (κ1) is 20.3. The molecule has 1 aliphatic heterocycles. The molecule has 0 bridgehead atoms. The first-order valence-corrected chi connectivity index (χ1v) is 12.1. The maximum Gasteiger partial charge on any atom is 0.275 e. The Morgan fingerprint density at radius 3 is 2.55 bits per heavy atom. The fourth-order valence-electron chi connectivity index (χ4n) is 5.02. The standard InChI is InChI=1S/C25H29N3O2S/c1-16(2)17-8-10-20(11-9-17)28-22(29)21-14-18-12-13-31-23(18)27(21)15-25(28,3)24(30)26-19-6-4-5-7-19/h8-14,16,19H,4-7,15H2,1-3H3,(H,26,30)/t25-/m0/s1. The highest BCUT2D eigenvalue weighted by Gasteiger charge is 2.49. The van der Waals surface area contributed by atoms with E-state index in [1.807, 2.05) is 41.1 Å². The summed E-state index contributed by atoms with van der Waals surface area (Å²) in [5.74, 6) is 0.230. The Labute approximate surface area is 187 Å². The number of hydrogen-bond acceptors (Lipinski definition) is 3. The van der Waals surface area contributed by atoms with Crippen molar-refractivity contribution in [3.8, 4) is 0 Å². The molecule has 0 saturated heterocycles. The molecule has 1 aromatic carbocycles. The highest BCUT2D eigenvalue weighted by atomic mass is 32.1. The van der Waals surface area contributed by atoms with Crippen molar-refractivity contribution in [2.75, 3.05) is 4.90 Å². The van der Waals surface area contributed by atoms with Gasteiger partial charge in [-0.05, 0) is 60.9 Å². The maximum absolute atomic E-state index is 13.8. The third-order valence-electron chi connectivity index (χ3n) is 6.88. The van der Waals surface area contributed by atoms with Gasteiger partial charge in [-0.25, -0.2) is 0 Å². The van der Waals surface area contributed by atoms with E-state index in [9.17, 15) is 9.59 Å². The Bertz CT molecular complexity index is 1140. The molecule has 2 aromatic heterocycles. The molecule has 5 nitrogen and oxygen atoms in total. The molecule has 5 rings (SSSR count). The zero-order valence-corrected chi connectivity index (χ0v) is 19.2. The van der Waals surface area contributed by atoms with Gasteiger partial charge in [0, 0.05) is 17.1 Å². The van der Waals surface area contributed by atoms with Crippen LogP contribution in [0.15, 0.2) is 41.8 Å². The summed E-state index contributed by atoms with van der Waals surface area (Å²) in [6.07, 6.45) is 4.34. The molecule has 0 radical (unpaired) electrons. The van der Waals surface area contributed by atoms with Gasteiger partial charge in [0.05, 0.1) is 6.54 Å². The number of aromatic nitrogens is 1. The summed E-state index contributed by atoms with van der Waals surface area (Å²) in [5.41, 5.74) is 1.64. The molecule has 1 saturated carbocycles. The van der Waals surface area contributed by atoms with E-state index < -0.39 is 5.54 Å². The van der Waals surface area contributed by atoms with Gasteiger partial charge >= 0.3 is 0 Å². The van der Waals surface area contributed by atoms with E-state index in [0.717, 1.165) is 41.6 Å². The summed E-state index contributed by atoms with van der Waals surface area (Å²) in [5, 5.41) is 6.36. The molecule has 31 heavy (non-hydrogen) atoms. The number of thiophene rings is 1. The summed E-state index contributed by atoms with van der Waals surface area (Å²) in [4.78, 5) is 30.2. The molecule has 6 heteroatoms. The van der Waals surface area contributed by atoms with Crippen molar-refractivity contribution in [2.24, 2.45) is 0 Å². The minimum absolute atomic E-state index is 0.0651. The van der Waals surface area contributed by atoms with Gasteiger partial charge in [-0.3, -0.25) is 14.5 Å². The fourth-order valence-corrected chi connectivity index (χ4v) is 5.92. The van der Waals surface area contributed by atoms with Gasteiger partial charge in [0.2, 0.25) is 5.91 Å². The van der Waals surface area contributed by atoms with Crippen LogP contribution in [0.3, 0.4) is 0 Å². The fraction of sp³-hybridized carbons (Fsp3) is 0.440. The molecule has 0 unspecified atom stereocenters. The smallest absolute Gasteiger partial charge is 0.275 e. The van der Waals surface area contributed by atoms with Gasteiger partial charge in [0.15, 0.2) is 0 Å². The summed E-state index contributed by atoms with van der Waals surface area (Å²) < 4.78 is 2.04. The van der Waals surface area contributed by atoms with Crippen LogP contribution in [0.4, 0.5) is 5.69 Å². The van der Waals surface area contributed by atoms with E-state index in [1.54, 1.807) is 16.2 Å². The third kappa shape index (κ3) is 3.28. The Morgan fingerprint density at radius 1 is 1.16 bits per heavy atom. The predicted molar refractivity (Wildman–Crippen MR) is 126 cm³/mol. The number of hydrogen-bond donors (Lipinski definition) is 1. The largest absolute Gasteiger partial charge is 0.351 e. The molecule has 3 aromatic rings. The van der Waals surface area contributed by atoms with E-state index in [2.05, 4.69) is 31.3 Å². The van der Waals surface area contributed by atoms with Crippen LogP contribution in [-0.2, 0) is 11.3 Å². The normalized spacial score (nSPS) is 21.8. The van der Waals surface area contributed by atoms with Crippen molar-refractivity contribution in [1.29, 1.82) is 0 Å². The highest BCUT2D eigenvalue weighted by Crippen LogP contribution is 2.38. The minimum atomic E-state index is -0.998. The molecule has 1 aliphatic carbocycles. The lowest BCUT2D eigenvalue weighted by Gasteiger charge is -2.44. The van der Waals surface area contributed by atoms with Crippen LogP contribution in [0.2, 0.25) is 0 Å². The van der Waals surface area contributed by atoms with Crippen LogP contribution >= 0.6 is 11.3 Å². The lowest BCUT2D eigenvalue weighted by molar-refractivity contribution is -0.127. The van der Waals surface area contributed by atoms with Gasteiger partial charge in [-0.15, -0.1) is 11.3 Å². The summed E-state index contributed by atoms with van der Waals surface area (Å²) >= 11 is 1.62. The third-order valence-corrected chi connectivity index (χ3v) is 7.83. The number of amides is 2.